The Hall–Kier alpha value is -0.580. The molecule has 1 aliphatic rings. The molecule has 1 N–H and O–H groups in total. The first-order chi connectivity index (χ1) is 7.95. The molecule has 1 aromatic heterocycles. The minimum absolute atomic E-state index is 0.588. The van der Waals surface area contributed by atoms with Crippen molar-refractivity contribution in [2.24, 2.45) is 0 Å². The van der Waals surface area contributed by atoms with Gasteiger partial charge in [0.25, 0.3) is 0 Å². The zero-order valence-electron chi connectivity index (χ0n) is 10.7. The van der Waals surface area contributed by atoms with Crippen LogP contribution in [0.15, 0.2) is 0 Å². The van der Waals surface area contributed by atoms with Crippen molar-refractivity contribution in [2.45, 2.75) is 38.8 Å². The number of halogens is 1. The van der Waals surface area contributed by atoms with Crippen molar-refractivity contribution in [3.05, 3.63) is 16.4 Å². The van der Waals surface area contributed by atoms with E-state index in [1.54, 1.807) is 0 Å². The van der Waals surface area contributed by atoms with Crippen molar-refractivity contribution in [1.29, 1.82) is 0 Å². The number of β-amino-alcohol motifs (C(OH)–C–C–N with tert-alkyl or cyclic N) is 1. The Bertz CT molecular complexity index is 418. The molecule has 5 heteroatoms. The maximum atomic E-state index is 10.5. The highest BCUT2D eigenvalue weighted by molar-refractivity contribution is 6.31. The molecule has 96 valence electrons. The van der Waals surface area contributed by atoms with Crippen molar-refractivity contribution >= 4 is 11.6 Å². The number of nitrogens with zero attached hydrogens (tertiary/aromatic N) is 3. The van der Waals surface area contributed by atoms with Crippen LogP contribution in [0, 0.1) is 6.92 Å². The average molecular weight is 258 g/mol. The van der Waals surface area contributed by atoms with Crippen molar-refractivity contribution in [2.75, 3.05) is 20.1 Å². The number of likely N-dealkylation sites (N-methyl/N-ethyl adjacent to an activating group) is 1. The third-order valence-corrected chi connectivity index (χ3v) is 3.96. The van der Waals surface area contributed by atoms with Gasteiger partial charge in [0.1, 0.15) is 0 Å². The number of aliphatic hydroxyl groups is 1. The molecular formula is C12H20ClN3O. The number of rotatable bonds is 3. The molecule has 17 heavy (non-hydrogen) atoms. The Morgan fingerprint density at radius 1 is 1.53 bits per heavy atom. The predicted octanol–water partition coefficient (Wildman–Crippen LogP) is 1.47. The zero-order valence-corrected chi connectivity index (χ0v) is 11.5. The maximum absolute atomic E-state index is 10.5. The zero-order chi connectivity index (χ0) is 12.6. The lowest BCUT2D eigenvalue weighted by Crippen LogP contribution is -2.35. The van der Waals surface area contributed by atoms with E-state index in [4.69, 9.17) is 11.6 Å². The summed E-state index contributed by atoms with van der Waals surface area (Å²) >= 11 is 6.26. The molecule has 0 radical (unpaired) electrons. The van der Waals surface area contributed by atoms with E-state index in [0.29, 0.717) is 18.0 Å². The predicted molar refractivity (Wildman–Crippen MR) is 68.4 cm³/mol. The van der Waals surface area contributed by atoms with Crippen LogP contribution >= 0.6 is 11.6 Å². The van der Waals surface area contributed by atoms with Crippen LogP contribution in [0.5, 0.6) is 0 Å². The van der Waals surface area contributed by atoms with E-state index in [1.807, 2.05) is 25.6 Å². The second kappa shape index (κ2) is 4.59. The van der Waals surface area contributed by atoms with Crippen LogP contribution < -0.4 is 0 Å². The summed E-state index contributed by atoms with van der Waals surface area (Å²) < 4.78 is 1.90. The van der Waals surface area contributed by atoms with Crippen molar-refractivity contribution in [1.82, 2.24) is 14.7 Å². The number of likely N-dealkylation sites (tertiary alicyclic amines) is 1. The first-order valence-corrected chi connectivity index (χ1v) is 6.45. The second-order valence-corrected chi connectivity index (χ2v) is 5.43. The summed E-state index contributed by atoms with van der Waals surface area (Å²) in [5, 5.41) is 15.6. The normalized spacial score (nSPS) is 25.7. The summed E-state index contributed by atoms with van der Waals surface area (Å²) in [6.45, 7) is 6.37. The van der Waals surface area contributed by atoms with Gasteiger partial charge in [0.2, 0.25) is 0 Å². The van der Waals surface area contributed by atoms with Gasteiger partial charge in [-0.15, -0.1) is 0 Å². The number of hydrogen-bond donors (Lipinski definition) is 1. The molecule has 0 aliphatic carbocycles. The smallest absolute Gasteiger partial charge is 0.0848 e. The van der Waals surface area contributed by atoms with Crippen LogP contribution in [-0.2, 0) is 13.0 Å². The van der Waals surface area contributed by atoms with Crippen LogP contribution in [0.1, 0.15) is 24.7 Å². The van der Waals surface area contributed by atoms with E-state index in [-0.39, 0.29) is 0 Å². The van der Waals surface area contributed by atoms with Gasteiger partial charge in [0.15, 0.2) is 0 Å². The highest BCUT2D eigenvalue weighted by Gasteiger charge is 2.36. The summed E-state index contributed by atoms with van der Waals surface area (Å²) in [5.41, 5.74) is 1.15. The Labute approximate surface area is 107 Å². The van der Waals surface area contributed by atoms with Gasteiger partial charge in [-0.1, -0.05) is 11.6 Å². The van der Waals surface area contributed by atoms with E-state index >= 15 is 0 Å². The Kier molecular flexibility index (Phi) is 3.48. The highest BCUT2D eigenvalue weighted by Crippen LogP contribution is 2.29. The summed E-state index contributed by atoms with van der Waals surface area (Å²) in [4.78, 5) is 2.15. The highest BCUT2D eigenvalue weighted by atomic mass is 35.5. The molecule has 4 nitrogen and oxygen atoms in total. The van der Waals surface area contributed by atoms with E-state index < -0.39 is 5.60 Å². The third kappa shape index (κ3) is 2.49. The van der Waals surface area contributed by atoms with Gasteiger partial charge in [-0.05, 0) is 27.3 Å². The molecule has 1 aliphatic heterocycles. The Morgan fingerprint density at radius 2 is 2.24 bits per heavy atom. The van der Waals surface area contributed by atoms with Gasteiger partial charge < -0.3 is 10.0 Å². The van der Waals surface area contributed by atoms with Crippen molar-refractivity contribution in [3.63, 3.8) is 0 Å². The van der Waals surface area contributed by atoms with Crippen LogP contribution in [0.3, 0.4) is 0 Å². The fraction of sp³-hybridized carbons (Fsp3) is 0.750. The Balaban J connectivity index is 2.23. The van der Waals surface area contributed by atoms with Gasteiger partial charge in [-0.25, -0.2) is 0 Å². The SMILES string of the molecule is CCn1nc(C)c(Cl)c1CC1(O)CCN(C)C1. The van der Waals surface area contributed by atoms with E-state index in [2.05, 4.69) is 10.00 Å². The van der Waals surface area contributed by atoms with Gasteiger partial charge in [-0.3, -0.25) is 4.68 Å². The third-order valence-electron chi connectivity index (χ3n) is 3.47. The van der Waals surface area contributed by atoms with E-state index in [1.165, 1.54) is 0 Å². The molecule has 0 spiro atoms. The van der Waals surface area contributed by atoms with Crippen LogP contribution in [0.25, 0.3) is 0 Å². The monoisotopic (exact) mass is 257 g/mol. The van der Waals surface area contributed by atoms with Gasteiger partial charge in [-0.2, -0.15) is 5.10 Å². The number of aromatic nitrogens is 2. The fourth-order valence-corrected chi connectivity index (χ4v) is 2.76. The molecule has 2 heterocycles. The van der Waals surface area contributed by atoms with Gasteiger partial charge >= 0.3 is 0 Å². The number of hydrogen-bond acceptors (Lipinski definition) is 3. The molecular weight excluding hydrogens is 238 g/mol. The van der Waals surface area contributed by atoms with Gasteiger partial charge in [0, 0.05) is 26.1 Å². The summed E-state index contributed by atoms with van der Waals surface area (Å²) in [5.74, 6) is 0. The molecule has 1 saturated heterocycles. The van der Waals surface area contributed by atoms with E-state index in [9.17, 15) is 5.11 Å². The number of aryl methyl sites for hydroxylation is 2. The molecule has 0 aromatic carbocycles. The first kappa shape index (κ1) is 12.9. The average Bonchev–Trinajstić information content (AvgIpc) is 2.74. The lowest BCUT2D eigenvalue weighted by molar-refractivity contribution is 0.0503. The summed E-state index contributed by atoms with van der Waals surface area (Å²) in [6, 6.07) is 0. The maximum Gasteiger partial charge on any atom is 0.0848 e. The van der Waals surface area contributed by atoms with Crippen molar-refractivity contribution in [3.8, 4) is 0 Å². The lowest BCUT2D eigenvalue weighted by atomic mass is 9.96. The van der Waals surface area contributed by atoms with Crippen LogP contribution in [-0.4, -0.2) is 45.5 Å². The topological polar surface area (TPSA) is 41.3 Å². The molecule has 1 atom stereocenters. The van der Waals surface area contributed by atoms with E-state index in [0.717, 1.165) is 30.9 Å². The fourth-order valence-electron chi connectivity index (χ4n) is 2.55. The molecule has 1 unspecified atom stereocenters. The molecule has 1 fully saturated rings. The summed E-state index contributed by atoms with van der Waals surface area (Å²) in [6.07, 6.45) is 1.39. The standard InChI is InChI=1S/C12H20ClN3O/c1-4-16-10(11(13)9(2)14-16)7-12(17)5-6-15(3)8-12/h17H,4-8H2,1-3H3. The van der Waals surface area contributed by atoms with Crippen LogP contribution in [0.2, 0.25) is 5.02 Å². The summed E-state index contributed by atoms with van der Waals surface area (Å²) in [7, 11) is 2.03. The molecule has 0 saturated carbocycles. The lowest BCUT2D eigenvalue weighted by Gasteiger charge is -2.22. The Morgan fingerprint density at radius 3 is 2.76 bits per heavy atom. The minimum atomic E-state index is -0.655. The second-order valence-electron chi connectivity index (χ2n) is 5.05. The molecule has 2 rings (SSSR count). The van der Waals surface area contributed by atoms with Crippen molar-refractivity contribution < 1.29 is 5.11 Å². The molecule has 1 aromatic rings. The van der Waals surface area contributed by atoms with Gasteiger partial charge in [0.05, 0.1) is 22.0 Å². The minimum Gasteiger partial charge on any atom is -0.388 e. The largest absolute Gasteiger partial charge is 0.388 e. The molecule has 0 bridgehead atoms. The molecule has 0 amide bonds. The quantitative estimate of drug-likeness (QED) is 0.892. The van der Waals surface area contributed by atoms with Crippen LogP contribution in [0.4, 0.5) is 0 Å². The first-order valence-electron chi connectivity index (χ1n) is 6.08.